The molecular weight excluding hydrogens is 107 g/mol. The van der Waals surface area contributed by atoms with Crippen molar-refractivity contribution in [1.82, 2.24) is 0 Å². The van der Waals surface area contributed by atoms with Crippen LogP contribution in [-0.4, -0.2) is 5.11 Å². The van der Waals surface area contributed by atoms with Crippen LogP contribution in [0.15, 0.2) is 23.7 Å². The highest BCUT2D eigenvalue weighted by atomic mass is 19.1. The van der Waals surface area contributed by atoms with Gasteiger partial charge in [-0.2, -0.15) is 0 Å². The third kappa shape index (κ3) is 5.21. The summed E-state index contributed by atoms with van der Waals surface area (Å²) in [4.78, 5) is 0. The zero-order chi connectivity index (χ0) is 6.57. The smallest absolute Gasteiger partial charge is 0.0969 e. The number of halogens is 1. The Morgan fingerprint density at radius 3 is 2.00 bits per heavy atom. The summed E-state index contributed by atoms with van der Waals surface area (Å²) in [6, 6.07) is 0. The number of aliphatic hydroxyl groups is 1. The summed E-state index contributed by atoms with van der Waals surface area (Å²) in [5, 5.41) is 8.45. The van der Waals surface area contributed by atoms with Gasteiger partial charge in [0.2, 0.25) is 0 Å². The van der Waals surface area contributed by atoms with Gasteiger partial charge in [-0.3, -0.25) is 0 Å². The zero-order valence-corrected chi connectivity index (χ0v) is 4.98. The van der Waals surface area contributed by atoms with E-state index in [1.54, 1.807) is 0 Å². The molecule has 1 nitrogen and oxygen atoms in total. The molecule has 0 aliphatic carbocycles. The molecule has 0 bridgehead atoms. The van der Waals surface area contributed by atoms with Gasteiger partial charge in [0.1, 0.15) is 0 Å². The summed E-state index contributed by atoms with van der Waals surface area (Å²) in [5.74, 6) is -0.194. The SMILES string of the molecule is C/C(O)=C\C=C(/C)F. The van der Waals surface area contributed by atoms with Gasteiger partial charge >= 0.3 is 0 Å². The molecular formula is C6H9FO. The Balaban J connectivity index is 3.76. The third-order valence-electron chi connectivity index (χ3n) is 0.554. The van der Waals surface area contributed by atoms with Crippen LogP contribution in [0.3, 0.4) is 0 Å². The van der Waals surface area contributed by atoms with Crippen molar-refractivity contribution in [2.45, 2.75) is 13.8 Å². The van der Waals surface area contributed by atoms with Crippen molar-refractivity contribution in [3.8, 4) is 0 Å². The molecule has 0 aliphatic rings. The van der Waals surface area contributed by atoms with Crippen LogP contribution in [0.1, 0.15) is 13.8 Å². The Hall–Kier alpha value is -0.790. The second-order valence-corrected chi connectivity index (χ2v) is 1.56. The zero-order valence-electron chi connectivity index (χ0n) is 4.98. The second-order valence-electron chi connectivity index (χ2n) is 1.56. The second kappa shape index (κ2) is 3.24. The maximum absolute atomic E-state index is 11.8. The van der Waals surface area contributed by atoms with Crippen molar-refractivity contribution < 1.29 is 9.50 Å². The average molecular weight is 116 g/mol. The predicted octanol–water partition coefficient (Wildman–Crippen LogP) is 2.32. The molecule has 0 unspecified atom stereocenters. The first kappa shape index (κ1) is 7.21. The van der Waals surface area contributed by atoms with E-state index in [0.29, 0.717) is 0 Å². The number of allylic oxidation sites excluding steroid dienone is 4. The fraction of sp³-hybridized carbons (Fsp3) is 0.333. The van der Waals surface area contributed by atoms with E-state index in [2.05, 4.69) is 0 Å². The molecule has 0 amide bonds. The van der Waals surface area contributed by atoms with Crippen molar-refractivity contribution in [2.75, 3.05) is 0 Å². The summed E-state index contributed by atoms with van der Waals surface area (Å²) < 4.78 is 11.8. The van der Waals surface area contributed by atoms with Gasteiger partial charge in [0.05, 0.1) is 11.6 Å². The van der Waals surface area contributed by atoms with Crippen LogP contribution in [0.4, 0.5) is 4.39 Å². The molecule has 0 saturated heterocycles. The van der Waals surface area contributed by atoms with Gasteiger partial charge in [-0.25, -0.2) is 4.39 Å². The molecule has 0 spiro atoms. The van der Waals surface area contributed by atoms with E-state index in [-0.39, 0.29) is 11.6 Å². The molecule has 0 aromatic carbocycles. The highest BCUT2D eigenvalue weighted by Gasteiger charge is 1.77. The van der Waals surface area contributed by atoms with Crippen LogP contribution < -0.4 is 0 Å². The first-order valence-electron chi connectivity index (χ1n) is 2.32. The largest absolute Gasteiger partial charge is 0.513 e. The number of hydrogen-bond donors (Lipinski definition) is 1. The molecule has 0 aliphatic heterocycles. The van der Waals surface area contributed by atoms with Gasteiger partial charge in [0.15, 0.2) is 0 Å². The lowest BCUT2D eigenvalue weighted by atomic mass is 10.4. The molecule has 0 fully saturated rings. The maximum Gasteiger partial charge on any atom is 0.0969 e. The van der Waals surface area contributed by atoms with E-state index in [0.717, 1.165) is 0 Å². The lowest BCUT2D eigenvalue weighted by molar-refractivity contribution is 0.414. The highest BCUT2D eigenvalue weighted by Crippen LogP contribution is 1.94. The minimum atomic E-state index is -0.307. The average Bonchev–Trinajstić information content (AvgIpc) is 1.61. The van der Waals surface area contributed by atoms with E-state index >= 15 is 0 Å². The van der Waals surface area contributed by atoms with Crippen molar-refractivity contribution in [2.24, 2.45) is 0 Å². The Morgan fingerprint density at radius 1 is 1.38 bits per heavy atom. The summed E-state index contributed by atoms with van der Waals surface area (Å²) in [6.45, 7) is 2.80. The Morgan fingerprint density at radius 2 is 1.88 bits per heavy atom. The number of aliphatic hydroxyl groups excluding tert-OH is 1. The van der Waals surface area contributed by atoms with Crippen molar-refractivity contribution >= 4 is 0 Å². The Kier molecular flexibility index (Phi) is 2.92. The van der Waals surface area contributed by atoms with Crippen LogP contribution in [0.25, 0.3) is 0 Å². The quantitative estimate of drug-likeness (QED) is 0.411. The molecule has 0 rings (SSSR count). The van der Waals surface area contributed by atoms with Gasteiger partial charge in [0.25, 0.3) is 0 Å². The standard InChI is InChI=1S/C6H9FO/c1-5(7)3-4-6(2)8/h3-4,8H,1-2H3/b5-3+,6-4+. The van der Waals surface area contributed by atoms with Gasteiger partial charge < -0.3 is 5.11 Å². The van der Waals surface area contributed by atoms with Crippen LogP contribution >= 0.6 is 0 Å². The molecule has 0 heterocycles. The minimum Gasteiger partial charge on any atom is -0.513 e. The van der Waals surface area contributed by atoms with Crippen molar-refractivity contribution in [3.05, 3.63) is 23.7 Å². The number of rotatable bonds is 1. The summed E-state index contributed by atoms with van der Waals surface area (Å²) >= 11 is 0. The molecule has 1 N–H and O–H groups in total. The van der Waals surface area contributed by atoms with E-state index in [9.17, 15) is 4.39 Å². The summed E-state index contributed by atoms with van der Waals surface area (Å²) in [7, 11) is 0. The molecule has 0 aromatic rings. The molecule has 0 atom stereocenters. The van der Waals surface area contributed by atoms with Crippen LogP contribution in [-0.2, 0) is 0 Å². The highest BCUT2D eigenvalue weighted by molar-refractivity contribution is 5.06. The van der Waals surface area contributed by atoms with E-state index in [1.807, 2.05) is 0 Å². The minimum absolute atomic E-state index is 0.113. The lowest BCUT2D eigenvalue weighted by Gasteiger charge is -1.81. The summed E-state index contributed by atoms with van der Waals surface area (Å²) in [5.41, 5.74) is 0. The fourth-order valence-corrected chi connectivity index (χ4v) is 0.235. The van der Waals surface area contributed by atoms with Gasteiger partial charge in [0, 0.05) is 0 Å². The van der Waals surface area contributed by atoms with Crippen molar-refractivity contribution in [3.63, 3.8) is 0 Å². The topological polar surface area (TPSA) is 20.2 Å². The lowest BCUT2D eigenvalue weighted by Crippen LogP contribution is -1.66. The maximum atomic E-state index is 11.8. The predicted molar refractivity (Wildman–Crippen MR) is 31.3 cm³/mol. The van der Waals surface area contributed by atoms with Crippen LogP contribution in [0.2, 0.25) is 0 Å². The Labute approximate surface area is 48.1 Å². The Bertz CT molecular complexity index is 100. The molecule has 0 saturated carbocycles. The van der Waals surface area contributed by atoms with E-state index in [1.165, 1.54) is 26.0 Å². The first-order chi connectivity index (χ1) is 3.63. The van der Waals surface area contributed by atoms with Crippen LogP contribution in [0, 0.1) is 0 Å². The number of hydrogen-bond acceptors (Lipinski definition) is 1. The van der Waals surface area contributed by atoms with E-state index in [4.69, 9.17) is 5.11 Å². The molecule has 8 heavy (non-hydrogen) atoms. The van der Waals surface area contributed by atoms with Crippen molar-refractivity contribution in [1.29, 1.82) is 0 Å². The molecule has 0 aromatic heterocycles. The van der Waals surface area contributed by atoms with Gasteiger partial charge in [-0.15, -0.1) is 0 Å². The molecule has 0 radical (unpaired) electrons. The van der Waals surface area contributed by atoms with Crippen LogP contribution in [0.5, 0.6) is 0 Å². The van der Waals surface area contributed by atoms with E-state index < -0.39 is 0 Å². The molecule has 46 valence electrons. The van der Waals surface area contributed by atoms with Gasteiger partial charge in [-0.1, -0.05) is 0 Å². The monoisotopic (exact) mass is 116 g/mol. The van der Waals surface area contributed by atoms with Gasteiger partial charge in [-0.05, 0) is 26.0 Å². The third-order valence-corrected chi connectivity index (χ3v) is 0.554. The normalized spacial score (nSPS) is 14.4. The first-order valence-corrected chi connectivity index (χ1v) is 2.32. The molecule has 2 heteroatoms. The summed E-state index contributed by atoms with van der Waals surface area (Å²) in [6.07, 6.45) is 2.50. The fourth-order valence-electron chi connectivity index (χ4n) is 0.235.